The lowest BCUT2D eigenvalue weighted by molar-refractivity contribution is -0.384. The number of rotatable bonds is 4. The fraction of sp³-hybridized carbons (Fsp3) is 0.333. The normalized spacial score (nSPS) is 15.3. The molecule has 0 spiro atoms. The fourth-order valence-corrected chi connectivity index (χ4v) is 2.55. The second kappa shape index (κ2) is 6.65. The van der Waals surface area contributed by atoms with Crippen molar-refractivity contribution in [1.29, 1.82) is 0 Å². The van der Waals surface area contributed by atoms with Crippen molar-refractivity contribution in [1.82, 2.24) is 9.97 Å². The predicted octanol–water partition coefficient (Wildman–Crippen LogP) is 2.15. The predicted molar refractivity (Wildman–Crippen MR) is 85.4 cm³/mol. The summed E-state index contributed by atoms with van der Waals surface area (Å²) in [6.45, 7) is 1.28. The summed E-state index contributed by atoms with van der Waals surface area (Å²) in [4.78, 5) is 20.1. The molecule has 0 unspecified atom stereocenters. The zero-order valence-corrected chi connectivity index (χ0v) is 12.8. The molecule has 126 valence electrons. The Morgan fingerprint density at radius 3 is 2.54 bits per heavy atom. The Morgan fingerprint density at radius 2 is 1.96 bits per heavy atom. The molecule has 1 saturated heterocycles. The van der Waals surface area contributed by atoms with Gasteiger partial charge >= 0.3 is 5.69 Å². The molecule has 0 bridgehead atoms. The van der Waals surface area contributed by atoms with Gasteiger partial charge in [0.2, 0.25) is 11.8 Å². The quantitative estimate of drug-likeness (QED) is 0.674. The summed E-state index contributed by atoms with van der Waals surface area (Å²) in [6.07, 6.45) is 2.61. The van der Waals surface area contributed by atoms with Crippen molar-refractivity contribution in [3.63, 3.8) is 0 Å². The third kappa shape index (κ3) is 3.50. The molecule has 0 radical (unpaired) electrons. The van der Waals surface area contributed by atoms with Crippen LogP contribution in [-0.4, -0.2) is 34.1 Å². The van der Waals surface area contributed by atoms with Crippen LogP contribution in [0.25, 0.3) is 0 Å². The molecule has 3 rings (SSSR count). The molecule has 0 atom stereocenters. The fourth-order valence-electron chi connectivity index (χ4n) is 2.55. The molecule has 8 nitrogen and oxygen atoms in total. The standard InChI is InChI=1S/C15H16FN5O3/c16-10-1-3-11(4-2-10)24-12-5-7-20(8-6-12)15-18-9-13(21(22)23)14(17)19-15/h1-4,9,12H,5-8H2,(H2,17,18,19). The number of piperidine rings is 1. The van der Waals surface area contributed by atoms with Crippen LogP contribution in [0.1, 0.15) is 12.8 Å². The van der Waals surface area contributed by atoms with Gasteiger partial charge in [0.05, 0.1) is 4.92 Å². The number of nitrogen functional groups attached to an aromatic ring is 1. The van der Waals surface area contributed by atoms with E-state index in [1.807, 2.05) is 4.90 Å². The van der Waals surface area contributed by atoms with Gasteiger partial charge in [0.1, 0.15) is 23.9 Å². The average molecular weight is 333 g/mol. The summed E-state index contributed by atoms with van der Waals surface area (Å²) in [6, 6.07) is 5.92. The smallest absolute Gasteiger partial charge is 0.329 e. The first-order chi connectivity index (χ1) is 11.5. The van der Waals surface area contributed by atoms with Crippen LogP contribution in [0.15, 0.2) is 30.5 Å². The van der Waals surface area contributed by atoms with Gasteiger partial charge in [-0.05, 0) is 24.3 Å². The Balaban J connectivity index is 1.59. The number of hydrogen-bond donors (Lipinski definition) is 1. The average Bonchev–Trinajstić information content (AvgIpc) is 2.57. The molecule has 0 saturated carbocycles. The molecule has 2 N–H and O–H groups in total. The highest BCUT2D eigenvalue weighted by atomic mass is 19.1. The van der Waals surface area contributed by atoms with E-state index in [0.717, 1.165) is 19.0 Å². The second-order valence-corrected chi connectivity index (χ2v) is 5.46. The lowest BCUT2D eigenvalue weighted by Gasteiger charge is -2.32. The molecule has 1 aliphatic rings. The van der Waals surface area contributed by atoms with Crippen molar-refractivity contribution in [2.24, 2.45) is 0 Å². The summed E-state index contributed by atoms with van der Waals surface area (Å²) in [5.74, 6) is 0.559. The summed E-state index contributed by atoms with van der Waals surface area (Å²) in [5, 5.41) is 10.7. The lowest BCUT2D eigenvalue weighted by atomic mass is 10.1. The van der Waals surface area contributed by atoms with Gasteiger partial charge in [0.25, 0.3) is 0 Å². The largest absolute Gasteiger partial charge is 0.490 e. The third-order valence-electron chi connectivity index (χ3n) is 3.82. The monoisotopic (exact) mass is 333 g/mol. The minimum atomic E-state index is -0.609. The van der Waals surface area contributed by atoms with E-state index in [-0.39, 0.29) is 23.4 Å². The number of nitrogens with two attached hydrogens (primary N) is 1. The highest BCUT2D eigenvalue weighted by Crippen LogP contribution is 2.24. The van der Waals surface area contributed by atoms with Crippen molar-refractivity contribution >= 4 is 17.5 Å². The number of hydrogen-bond acceptors (Lipinski definition) is 7. The SMILES string of the molecule is Nc1nc(N2CCC(Oc3ccc(F)cc3)CC2)ncc1[N+](=O)[O-]. The lowest BCUT2D eigenvalue weighted by Crippen LogP contribution is -2.39. The van der Waals surface area contributed by atoms with Gasteiger partial charge in [-0.2, -0.15) is 4.98 Å². The molecule has 0 aliphatic carbocycles. The van der Waals surface area contributed by atoms with Crippen LogP contribution in [-0.2, 0) is 0 Å². The molecule has 0 amide bonds. The van der Waals surface area contributed by atoms with Crippen LogP contribution in [0.2, 0.25) is 0 Å². The van der Waals surface area contributed by atoms with Crippen LogP contribution < -0.4 is 15.4 Å². The molecular formula is C15H16FN5O3. The first-order valence-electron chi connectivity index (χ1n) is 7.47. The van der Waals surface area contributed by atoms with E-state index < -0.39 is 4.92 Å². The van der Waals surface area contributed by atoms with E-state index in [1.165, 1.54) is 12.1 Å². The van der Waals surface area contributed by atoms with E-state index >= 15 is 0 Å². The molecule has 2 heterocycles. The number of halogens is 1. The van der Waals surface area contributed by atoms with Crippen LogP contribution in [0.4, 0.5) is 21.8 Å². The summed E-state index contributed by atoms with van der Waals surface area (Å²) in [7, 11) is 0. The number of anilines is 2. The van der Waals surface area contributed by atoms with E-state index in [9.17, 15) is 14.5 Å². The first kappa shape index (κ1) is 15.9. The van der Waals surface area contributed by atoms with Crippen molar-refractivity contribution in [2.45, 2.75) is 18.9 Å². The Labute approximate surface area is 137 Å². The van der Waals surface area contributed by atoms with Gasteiger partial charge in [-0.1, -0.05) is 0 Å². The van der Waals surface area contributed by atoms with E-state index in [0.29, 0.717) is 24.8 Å². The number of aromatic nitrogens is 2. The summed E-state index contributed by atoms with van der Waals surface area (Å²) < 4.78 is 18.7. The van der Waals surface area contributed by atoms with Crippen molar-refractivity contribution in [3.05, 3.63) is 46.4 Å². The van der Waals surface area contributed by atoms with Crippen LogP contribution in [0, 0.1) is 15.9 Å². The molecule has 24 heavy (non-hydrogen) atoms. The molecule has 1 fully saturated rings. The van der Waals surface area contributed by atoms with Gasteiger partial charge < -0.3 is 15.4 Å². The molecule has 2 aromatic rings. The highest BCUT2D eigenvalue weighted by molar-refractivity contribution is 5.53. The van der Waals surface area contributed by atoms with Gasteiger partial charge in [-0.3, -0.25) is 10.1 Å². The maximum atomic E-state index is 12.9. The minimum absolute atomic E-state index is 0.0158. The van der Waals surface area contributed by atoms with Gasteiger partial charge in [-0.15, -0.1) is 0 Å². The number of nitro groups is 1. The Kier molecular flexibility index (Phi) is 4.41. The van der Waals surface area contributed by atoms with E-state index in [4.69, 9.17) is 10.5 Å². The zero-order chi connectivity index (χ0) is 17.1. The van der Waals surface area contributed by atoms with Crippen molar-refractivity contribution in [3.8, 4) is 5.75 Å². The van der Waals surface area contributed by atoms with E-state index in [1.54, 1.807) is 12.1 Å². The van der Waals surface area contributed by atoms with Gasteiger partial charge in [0, 0.05) is 25.9 Å². The van der Waals surface area contributed by atoms with Crippen LogP contribution in [0.3, 0.4) is 0 Å². The maximum absolute atomic E-state index is 12.9. The third-order valence-corrected chi connectivity index (χ3v) is 3.82. The van der Waals surface area contributed by atoms with Crippen LogP contribution in [0.5, 0.6) is 5.75 Å². The van der Waals surface area contributed by atoms with Gasteiger partial charge in [-0.25, -0.2) is 9.37 Å². The van der Waals surface area contributed by atoms with Gasteiger partial charge in [0.15, 0.2) is 0 Å². The summed E-state index contributed by atoms with van der Waals surface area (Å²) in [5.41, 5.74) is 5.30. The van der Waals surface area contributed by atoms with Crippen LogP contribution >= 0.6 is 0 Å². The highest BCUT2D eigenvalue weighted by Gasteiger charge is 2.24. The Bertz CT molecular complexity index is 732. The van der Waals surface area contributed by atoms with Crippen molar-refractivity contribution < 1.29 is 14.1 Å². The second-order valence-electron chi connectivity index (χ2n) is 5.46. The first-order valence-corrected chi connectivity index (χ1v) is 7.47. The molecule has 9 heteroatoms. The summed E-state index contributed by atoms with van der Waals surface area (Å²) >= 11 is 0. The number of ether oxygens (including phenoxy) is 1. The molecule has 1 aliphatic heterocycles. The topological polar surface area (TPSA) is 107 Å². The molecule has 1 aromatic heterocycles. The van der Waals surface area contributed by atoms with Crippen molar-refractivity contribution in [2.75, 3.05) is 23.7 Å². The maximum Gasteiger partial charge on any atom is 0.329 e. The Hall–Kier alpha value is -2.97. The zero-order valence-electron chi connectivity index (χ0n) is 12.8. The Morgan fingerprint density at radius 1 is 1.29 bits per heavy atom. The molecular weight excluding hydrogens is 317 g/mol. The van der Waals surface area contributed by atoms with E-state index in [2.05, 4.69) is 9.97 Å². The number of benzene rings is 1. The molecule has 1 aromatic carbocycles. The number of nitrogens with zero attached hydrogens (tertiary/aromatic N) is 4. The minimum Gasteiger partial charge on any atom is -0.490 e.